The summed E-state index contributed by atoms with van der Waals surface area (Å²) in [6.45, 7) is 2.78. The third kappa shape index (κ3) is 3.98. The van der Waals surface area contributed by atoms with Crippen molar-refractivity contribution in [2.24, 2.45) is 7.05 Å². The van der Waals surface area contributed by atoms with Gasteiger partial charge in [-0.15, -0.1) is 0 Å². The van der Waals surface area contributed by atoms with E-state index in [0.717, 1.165) is 17.8 Å². The molecule has 0 saturated heterocycles. The fourth-order valence-electron chi connectivity index (χ4n) is 2.02. The summed E-state index contributed by atoms with van der Waals surface area (Å²) in [5, 5.41) is 7.54. The van der Waals surface area contributed by atoms with Crippen LogP contribution < -0.4 is 11.1 Å². The lowest BCUT2D eigenvalue weighted by Gasteiger charge is -2.11. The Balaban J connectivity index is 2.03. The molecule has 1 heterocycles. The number of hydrogen-bond acceptors (Lipinski definition) is 5. The fraction of sp³-hybridized carbons (Fsp3) is 0.333. The molecule has 6 heteroatoms. The fourth-order valence-corrected chi connectivity index (χ4v) is 2.02. The van der Waals surface area contributed by atoms with Crippen molar-refractivity contribution < 1.29 is 9.53 Å². The number of nitrogens with two attached hydrogens (primary N) is 1. The normalized spacial score (nSPS) is 10.4. The molecule has 1 aromatic heterocycles. The molecule has 21 heavy (non-hydrogen) atoms. The maximum Gasteiger partial charge on any atom is 0.340 e. The van der Waals surface area contributed by atoms with Crippen molar-refractivity contribution in [1.82, 2.24) is 9.78 Å². The van der Waals surface area contributed by atoms with Gasteiger partial charge in [0.15, 0.2) is 0 Å². The van der Waals surface area contributed by atoms with Gasteiger partial charge in [0, 0.05) is 37.6 Å². The zero-order valence-electron chi connectivity index (χ0n) is 12.3. The molecule has 112 valence electrons. The van der Waals surface area contributed by atoms with Crippen LogP contribution in [0.4, 0.5) is 11.4 Å². The predicted molar refractivity (Wildman–Crippen MR) is 82.2 cm³/mol. The Morgan fingerprint density at radius 1 is 1.43 bits per heavy atom. The van der Waals surface area contributed by atoms with Crippen LogP contribution in [0.5, 0.6) is 0 Å². The molecule has 0 aliphatic heterocycles. The first-order valence-corrected chi connectivity index (χ1v) is 6.89. The van der Waals surface area contributed by atoms with Gasteiger partial charge in [0.2, 0.25) is 0 Å². The molecule has 0 atom stereocenters. The molecule has 0 saturated carbocycles. The van der Waals surface area contributed by atoms with Crippen LogP contribution in [0.15, 0.2) is 30.5 Å². The number of ether oxygens (including phenoxy) is 1. The molecular formula is C15H20N4O2. The van der Waals surface area contributed by atoms with Crippen LogP contribution in [-0.4, -0.2) is 28.9 Å². The number of anilines is 2. The predicted octanol–water partition coefficient (Wildman–Crippen LogP) is 1.83. The maximum atomic E-state index is 11.9. The summed E-state index contributed by atoms with van der Waals surface area (Å²) in [4.78, 5) is 11.9. The van der Waals surface area contributed by atoms with Gasteiger partial charge in [-0.1, -0.05) is 0 Å². The molecule has 0 radical (unpaired) electrons. The van der Waals surface area contributed by atoms with E-state index in [2.05, 4.69) is 10.4 Å². The summed E-state index contributed by atoms with van der Waals surface area (Å²) in [6, 6.07) is 7.14. The smallest absolute Gasteiger partial charge is 0.340 e. The van der Waals surface area contributed by atoms with Crippen LogP contribution in [0.25, 0.3) is 0 Å². The van der Waals surface area contributed by atoms with Gasteiger partial charge >= 0.3 is 5.97 Å². The molecule has 0 unspecified atom stereocenters. The highest BCUT2D eigenvalue weighted by Crippen LogP contribution is 2.20. The highest BCUT2D eigenvalue weighted by atomic mass is 16.5. The lowest BCUT2D eigenvalue weighted by atomic mass is 10.1. The molecule has 6 nitrogen and oxygen atoms in total. The van der Waals surface area contributed by atoms with Crippen molar-refractivity contribution in [3.8, 4) is 0 Å². The van der Waals surface area contributed by atoms with Crippen molar-refractivity contribution >= 4 is 17.3 Å². The summed E-state index contributed by atoms with van der Waals surface area (Å²) < 4.78 is 6.81. The van der Waals surface area contributed by atoms with E-state index in [1.54, 1.807) is 29.8 Å². The van der Waals surface area contributed by atoms with Crippen molar-refractivity contribution in [1.29, 1.82) is 0 Å². The second kappa shape index (κ2) is 6.78. The number of hydrogen-bond donors (Lipinski definition) is 2. The van der Waals surface area contributed by atoms with Gasteiger partial charge in [0.1, 0.15) is 0 Å². The van der Waals surface area contributed by atoms with E-state index in [0.29, 0.717) is 24.4 Å². The molecule has 2 rings (SSSR count). The molecule has 0 aliphatic rings. The van der Waals surface area contributed by atoms with Crippen LogP contribution in [0.1, 0.15) is 23.0 Å². The SMILES string of the molecule is CCOC(=O)c1cc(N)ccc1NCCc1ccn(C)n1. The Hall–Kier alpha value is -2.50. The van der Waals surface area contributed by atoms with E-state index in [-0.39, 0.29) is 5.97 Å². The Bertz CT molecular complexity index is 622. The average molecular weight is 288 g/mol. The summed E-state index contributed by atoms with van der Waals surface area (Å²) in [5.74, 6) is -0.370. The van der Waals surface area contributed by atoms with E-state index in [1.165, 1.54) is 0 Å². The van der Waals surface area contributed by atoms with Gasteiger partial charge in [-0.2, -0.15) is 5.10 Å². The van der Waals surface area contributed by atoms with Crippen LogP contribution in [0.2, 0.25) is 0 Å². The molecule has 2 aromatic rings. The number of rotatable bonds is 6. The van der Waals surface area contributed by atoms with Crippen molar-refractivity contribution in [3.05, 3.63) is 41.7 Å². The Morgan fingerprint density at radius 2 is 2.24 bits per heavy atom. The highest BCUT2D eigenvalue weighted by Gasteiger charge is 2.12. The summed E-state index contributed by atoms with van der Waals surface area (Å²) >= 11 is 0. The summed E-state index contributed by atoms with van der Waals surface area (Å²) in [7, 11) is 1.88. The van der Waals surface area contributed by atoms with Crippen molar-refractivity contribution in [2.45, 2.75) is 13.3 Å². The van der Waals surface area contributed by atoms with Crippen LogP contribution in [0.3, 0.4) is 0 Å². The van der Waals surface area contributed by atoms with Gasteiger partial charge in [-0.05, 0) is 31.2 Å². The molecule has 1 aromatic carbocycles. The van der Waals surface area contributed by atoms with Gasteiger partial charge in [0.05, 0.1) is 17.9 Å². The van der Waals surface area contributed by atoms with Crippen LogP contribution in [-0.2, 0) is 18.2 Å². The number of carbonyl (C=O) groups excluding carboxylic acids is 1. The van der Waals surface area contributed by atoms with E-state index < -0.39 is 0 Å². The maximum absolute atomic E-state index is 11.9. The first-order chi connectivity index (χ1) is 10.1. The van der Waals surface area contributed by atoms with E-state index in [9.17, 15) is 4.79 Å². The third-order valence-corrected chi connectivity index (χ3v) is 3.00. The molecular weight excluding hydrogens is 268 g/mol. The van der Waals surface area contributed by atoms with Gasteiger partial charge in [0.25, 0.3) is 0 Å². The zero-order valence-corrected chi connectivity index (χ0v) is 12.3. The van der Waals surface area contributed by atoms with E-state index >= 15 is 0 Å². The number of nitrogens with zero attached hydrogens (tertiary/aromatic N) is 2. The minimum atomic E-state index is -0.370. The first kappa shape index (κ1) is 14.9. The quantitative estimate of drug-likeness (QED) is 0.626. The number of nitrogens with one attached hydrogen (secondary N) is 1. The Kier molecular flexibility index (Phi) is 4.81. The number of benzene rings is 1. The number of aryl methyl sites for hydroxylation is 1. The average Bonchev–Trinajstić information content (AvgIpc) is 2.86. The van der Waals surface area contributed by atoms with Gasteiger partial charge in [-0.3, -0.25) is 4.68 Å². The molecule has 3 N–H and O–H groups in total. The summed E-state index contributed by atoms with van der Waals surface area (Å²) in [6.07, 6.45) is 2.68. The van der Waals surface area contributed by atoms with Crippen LogP contribution in [0, 0.1) is 0 Å². The minimum absolute atomic E-state index is 0.334. The van der Waals surface area contributed by atoms with E-state index in [4.69, 9.17) is 10.5 Å². The number of nitrogen functional groups attached to an aromatic ring is 1. The van der Waals surface area contributed by atoms with Crippen LogP contribution >= 0.6 is 0 Å². The molecule has 0 bridgehead atoms. The topological polar surface area (TPSA) is 82.2 Å². The van der Waals surface area contributed by atoms with Crippen molar-refractivity contribution in [2.75, 3.05) is 24.2 Å². The second-order valence-electron chi connectivity index (χ2n) is 4.68. The standard InChI is InChI=1S/C15H20N4O2/c1-3-21-15(20)13-10-11(16)4-5-14(13)17-8-6-12-7-9-19(2)18-12/h4-5,7,9-10,17H,3,6,8,16H2,1-2H3. The lowest BCUT2D eigenvalue weighted by molar-refractivity contribution is 0.0527. The molecule has 0 fully saturated rings. The lowest BCUT2D eigenvalue weighted by Crippen LogP contribution is -2.12. The number of aromatic nitrogens is 2. The zero-order chi connectivity index (χ0) is 15.2. The molecule has 0 amide bonds. The first-order valence-electron chi connectivity index (χ1n) is 6.89. The summed E-state index contributed by atoms with van der Waals surface area (Å²) in [5.41, 5.74) is 8.45. The van der Waals surface area contributed by atoms with Crippen molar-refractivity contribution in [3.63, 3.8) is 0 Å². The highest BCUT2D eigenvalue weighted by molar-refractivity contribution is 5.96. The third-order valence-electron chi connectivity index (χ3n) is 3.00. The monoisotopic (exact) mass is 288 g/mol. The Labute approximate surface area is 123 Å². The number of carbonyl (C=O) groups is 1. The molecule has 0 aliphatic carbocycles. The minimum Gasteiger partial charge on any atom is -0.462 e. The molecule has 0 spiro atoms. The Morgan fingerprint density at radius 3 is 2.90 bits per heavy atom. The van der Waals surface area contributed by atoms with E-state index in [1.807, 2.05) is 19.3 Å². The number of esters is 1. The van der Waals surface area contributed by atoms with Gasteiger partial charge < -0.3 is 15.8 Å². The largest absolute Gasteiger partial charge is 0.462 e. The van der Waals surface area contributed by atoms with Gasteiger partial charge in [-0.25, -0.2) is 4.79 Å². The second-order valence-corrected chi connectivity index (χ2v) is 4.68.